The van der Waals surface area contributed by atoms with Gasteiger partial charge in [-0.05, 0) is 43.3 Å². The predicted octanol–water partition coefficient (Wildman–Crippen LogP) is 3.72. The molecule has 0 atom stereocenters. The first-order chi connectivity index (χ1) is 11.8. The third-order valence-electron chi connectivity index (χ3n) is 3.30. The molecule has 3 aromatic rings. The number of methoxy groups -OCH3 is 1. The Morgan fingerprint density at radius 3 is 2.33 bits per heavy atom. The van der Waals surface area contributed by atoms with Crippen LogP contribution in [0.1, 0.15) is 12.8 Å². The second kappa shape index (κ2) is 7.50. The van der Waals surface area contributed by atoms with Crippen LogP contribution >= 0.6 is 0 Å². The van der Waals surface area contributed by atoms with Crippen molar-refractivity contribution in [2.75, 3.05) is 13.7 Å². The van der Waals surface area contributed by atoms with Crippen molar-refractivity contribution < 1.29 is 18.6 Å². The predicted molar refractivity (Wildman–Crippen MR) is 88.2 cm³/mol. The molecule has 6 nitrogen and oxygen atoms in total. The first-order valence-corrected chi connectivity index (χ1v) is 7.61. The van der Waals surface area contributed by atoms with Crippen molar-refractivity contribution in [3.63, 3.8) is 0 Å². The number of para-hydroxylation sites is 1. The van der Waals surface area contributed by atoms with Crippen LogP contribution in [-0.2, 0) is 6.61 Å². The summed E-state index contributed by atoms with van der Waals surface area (Å²) in [5.41, 5.74) is 0.750. The monoisotopic (exact) mass is 326 g/mol. The zero-order chi connectivity index (χ0) is 16.8. The molecule has 0 saturated carbocycles. The van der Waals surface area contributed by atoms with Crippen LogP contribution in [0.4, 0.5) is 0 Å². The molecule has 0 amide bonds. The van der Waals surface area contributed by atoms with Gasteiger partial charge in [-0.2, -0.15) is 0 Å². The fraction of sp³-hybridized carbons (Fsp3) is 0.222. The summed E-state index contributed by atoms with van der Waals surface area (Å²) in [5.74, 6) is 2.99. The summed E-state index contributed by atoms with van der Waals surface area (Å²) in [6.45, 7) is 2.77. The van der Waals surface area contributed by atoms with Crippen molar-refractivity contribution in [2.45, 2.75) is 13.5 Å². The maximum atomic E-state index is 5.65. The fourth-order valence-corrected chi connectivity index (χ4v) is 2.19. The first kappa shape index (κ1) is 15.9. The average molecular weight is 326 g/mol. The fourth-order valence-electron chi connectivity index (χ4n) is 2.19. The van der Waals surface area contributed by atoms with E-state index < -0.39 is 0 Å². The van der Waals surface area contributed by atoms with Crippen LogP contribution < -0.4 is 14.2 Å². The highest BCUT2D eigenvalue weighted by atomic mass is 16.5. The van der Waals surface area contributed by atoms with Crippen LogP contribution in [0.3, 0.4) is 0 Å². The molecule has 0 saturated heterocycles. The summed E-state index contributed by atoms with van der Waals surface area (Å²) < 4.78 is 22.0. The Bertz CT molecular complexity index is 784. The van der Waals surface area contributed by atoms with E-state index in [2.05, 4.69) is 10.2 Å². The van der Waals surface area contributed by atoms with Gasteiger partial charge in [-0.3, -0.25) is 0 Å². The van der Waals surface area contributed by atoms with E-state index in [4.69, 9.17) is 18.6 Å². The minimum absolute atomic E-state index is 0.191. The zero-order valence-electron chi connectivity index (χ0n) is 13.6. The first-order valence-electron chi connectivity index (χ1n) is 7.61. The number of hydrogen-bond acceptors (Lipinski definition) is 6. The van der Waals surface area contributed by atoms with Crippen LogP contribution in [0.5, 0.6) is 17.2 Å². The second-order valence-corrected chi connectivity index (χ2v) is 4.89. The van der Waals surface area contributed by atoms with Crippen molar-refractivity contribution in [1.82, 2.24) is 10.2 Å². The lowest BCUT2D eigenvalue weighted by Gasteiger charge is -2.06. The lowest BCUT2D eigenvalue weighted by Crippen LogP contribution is -1.96. The minimum Gasteiger partial charge on any atom is -0.496 e. The molecule has 0 spiro atoms. The number of rotatable bonds is 7. The highest BCUT2D eigenvalue weighted by Crippen LogP contribution is 2.28. The molecule has 0 N–H and O–H groups in total. The van der Waals surface area contributed by atoms with E-state index in [9.17, 15) is 0 Å². The van der Waals surface area contributed by atoms with Gasteiger partial charge in [0.25, 0.3) is 11.8 Å². The Labute approximate surface area is 140 Å². The van der Waals surface area contributed by atoms with E-state index in [1.165, 1.54) is 0 Å². The maximum Gasteiger partial charge on any atom is 0.254 e. The molecule has 124 valence electrons. The van der Waals surface area contributed by atoms with Crippen LogP contribution in [0.15, 0.2) is 52.9 Å². The Kier molecular flexibility index (Phi) is 4.96. The lowest BCUT2D eigenvalue weighted by atomic mass is 10.2. The van der Waals surface area contributed by atoms with Crippen molar-refractivity contribution in [1.29, 1.82) is 0 Å². The molecule has 0 unspecified atom stereocenters. The summed E-state index contributed by atoms with van der Waals surface area (Å²) >= 11 is 0. The number of hydrogen-bond donors (Lipinski definition) is 0. The number of aromatic nitrogens is 2. The van der Waals surface area contributed by atoms with Gasteiger partial charge in [-0.1, -0.05) is 12.1 Å². The molecule has 0 fully saturated rings. The molecule has 0 aliphatic heterocycles. The highest BCUT2D eigenvalue weighted by Gasteiger charge is 2.13. The van der Waals surface area contributed by atoms with E-state index in [1.54, 1.807) is 7.11 Å². The van der Waals surface area contributed by atoms with Crippen LogP contribution in [-0.4, -0.2) is 23.9 Å². The Morgan fingerprint density at radius 1 is 0.917 bits per heavy atom. The van der Waals surface area contributed by atoms with Crippen LogP contribution in [0, 0.1) is 0 Å². The quantitative estimate of drug-likeness (QED) is 0.659. The van der Waals surface area contributed by atoms with Crippen molar-refractivity contribution in [3.05, 3.63) is 54.4 Å². The van der Waals surface area contributed by atoms with Gasteiger partial charge >= 0.3 is 0 Å². The molecule has 24 heavy (non-hydrogen) atoms. The maximum absolute atomic E-state index is 5.65. The van der Waals surface area contributed by atoms with E-state index in [0.717, 1.165) is 11.3 Å². The third kappa shape index (κ3) is 3.65. The number of nitrogens with zero attached hydrogens (tertiary/aromatic N) is 2. The van der Waals surface area contributed by atoms with E-state index in [0.29, 0.717) is 29.9 Å². The van der Waals surface area contributed by atoms with Crippen molar-refractivity contribution >= 4 is 0 Å². The summed E-state index contributed by atoms with van der Waals surface area (Å²) in [5, 5.41) is 8.06. The largest absolute Gasteiger partial charge is 0.496 e. The third-order valence-corrected chi connectivity index (χ3v) is 3.30. The standard InChI is InChI=1S/C18H18N2O4/c1-3-22-13-8-10-14(11-9-13)23-12-17-19-20-18(24-17)15-6-4-5-7-16(15)21-2/h4-11H,3,12H2,1-2H3. The van der Waals surface area contributed by atoms with Gasteiger partial charge in [-0.15, -0.1) is 10.2 Å². The van der Waals surface area contributed by atoms with Gasteiger partial charge in [-0.25, -0.2) is 0 Å². The van der Waals surface area contributed by atoms with Gasteiger partial charge in [0.1, 0.15) is 17.2 Å². The molecule has 1 aromatic heterocycles. The van der Waals surface area contributed by atoms with E-state index >= 15 is 0 Å². The summed E-state index contributed by atoms with van der Waals surface area (Å²) in [7, 11) is 1.60. The summed E-state index contributed by atoms with van der Waals surface area (Å²) in [6.07, 6.45) is 0. The number of benzene rings is 2. The Morgan fingerprint density at radius 2 is 1.62 bits per heavy atom. The van der Waals surface area contributed by atoms with Gasteiger partial charge in [0.15, 0.2) is 6.61 Å². The molecule has 2 aromatic carbocycles. The molecule has 0 radical (unpaired) electrons. The lowest BCUT2D eigenvalue weighted by molar-refractivity contribution is 0.263. The molecular formula is C18H18N2O4. The van der Waals surface area contributed by atoms with E-state index in [1.807, 2.05) is 55.5 Å². The molecule has 3 rings (SSSR count). The van der Waals surface area contributed by atoms with Crippen molar-refractivity contribution in [2.24, 2.45) is 0 Å². The smallest absolute Gasteiger partial charge is 0.254 e. The summed E-state index contributed by atoms with van der Waals surface area (Å²) in [6, 6.07) is 14.9. The molecule has 0 aliphatic carbocycles. The summed E-state index contributed by atoms with van der Waals surface area (Å²) in [4.78, 5) is 0. The molecule has 0 aliphatic rings. The Balaban J connectivity index is 1.66. The molecular weight excluding hydrogens is 308 g/mol. The normalized spacial score (nSPS) is 10.4. The second-order valence-electron chi connectivity index (χ2n) is 4.89. The van der Waals surface area contributed by atoms with E-state index in [-0.39, 0.29) is 6.61 Å². The van der Waals surface area contributed by atoms with Gasteiger partial charge in [0.05, 0.1) is 19.3 Å². The SMILES string of the molecule is CCOc1ccc(OCc2nnc(-c3ccccc3OC)o2)cc1. The topological polar surface area (TPSA) is 66.6 Å². The molecule has 0 bridgehead atoms. The zero-order valence-corrected chi connectivity index (χ0v) is 13.6. The minimum atomic E-state index is 0.191. The van der Waals surface area contributed by atoms with Gasteiger partial charge in [0, 0.05) is 0 Å². The van der Waals surface area contributed by atoms with Crippen LogP contribution in [0.25, 0.3) is 11.5 Å². The average Bonchev–Trinajstić information content (AvgIpc) is 3.10. The molecule has 6 heteroatoms. The van der Waals surface area contributed by atoms with Gasteiger partial charge in [0.2, 0.25) is 0 Å². The number of ether oxygens (including phenoxy) is 3. The highest BCUT2D eigenvalue weighted by molar-refractivity contribution is 5.62. The van der Waals surface area contributed by atoms with Crippen LogP contribution in [0.2, 0.25) is 0 Å². The molecule has 1 heterocycles. The van der Waals surface area contributed by atoms with Gasteiger partial charge < -0.3 is 18.6 Å². The Hall–Kier alpha value is -3.02. The van der Waals surface area contributed by atoms with Crippen molar-refractivity contribution in [3.8, 4) is 28.7 Å².